The number of rotatable bonds is 5. The summed E-state index contributed by atoms with van der Waals surface area (Å²) in [5.74, 6) is -0.337. The van der Waals surface area contributed by atoms with Crippen molar-refractivity contribution in [2.45, 2.75) is 71.1 Å². The van der Waals surface area contributed by atoms with Crippen LogP contribution in [0, 0.1) is 0 Å². The average Bonchev–Trinajstić information content (AvgIpc) is 2.47. The molecule has 1 aliphatic heterocycles. The third-order valence-electron chi connectivity index (χ3n) is 4.49. The minimum absolute atomic E-state index is 0.124. The van der Waals surface area contributed by atoms with E-state index in [9.17, 15) is 4.79 Å². The van der Waals surface area contributed by atoms with Crippen molar-refractivity contribution in [2.75, 3.05) is 6.61 Å². The highest BCUT2D eigenvalue weighted by Gasteiger charge is 2.45. The Bertz CT molecular complexity index is 509. The number of carbonyl (C=O) groups is 1. The molecule has 23 heavy (non-hydrogen) atoms. The van der Waals surface area contributed by atoms with E-state index in [0.717, 1.165) is 24.8 Å². The van der Waals surface area contributed by atoms with Gasteiger partial charge in [0.15, 0.2) is 0 Å². The molecule has 0 aliphatic carbocycles. The first-order valence-corrected chi connectivity index (χ1v) is 8.46. The van der Waals surface area contributed by atoms with Gasteiger partial charge in [0, 0.05) is 11.1 Å². The Labute approximate surface area is 139 Å². The highest BCUT2D eigenvalue weighted by molar-refractivity contribution is 5.76. The highest BCUT2D eigenvalue weighted by atomic mass is 16.7. The summed E-state index contributed by atoms with van der Waals surface area (Å²) in [4.78, 5) is 18.7. The molecule has 1 unspecified atom stereocenters. The second-order valence-electron chi connectivity index (χ2n) is 7.42. The zero-order valence-electron chi connectivity index (χ0n) is 15.0. The Hall–Kier alpha value is -1.39. The van der Waals surface area contributed by atoms with Crippen molar-refractivity contribution in [3.8, 4) is 0 Å². The fourth-order valence-electron chi connectivity index (χ4n) is 3.45. The smallest absolute Gasteiger partial charge is 0.342 e. The molecule has 1 atom stereocenters. The van der Waals surface area contributed by atoms with Crippen molar-refractivity contribution in [1.82, 2.24) is 5.06 Å². The zero-order valence-corrected chi connectivity index (χ0v) is 15.0. The molecule has 0 spiro atoms. The number of ether oxygens (including phenoxy) is 1. The molecule has 1 aromatic carbocycles. The lowest BCUT2D eigenvalue weighted by atomic mass is 9.82. The van der Waals surface area contributed by atoms with Crippen LogP contribution in [0.4, 0.5) is 0 Å². The van der Waals surface area contributed by atoms with E-state index in [0.29, 0.717) is 6.61 Å². The maximum Gasteiger partial charge on any atom is 0.342 e. The largest absolute Gasteiger partial charge is 0.464 e. The number of benzene rings is 1. The van der Waals surface area contributed by atoms with Gasteiger partial charge < -0.3 is 4.74 Å². The van der Waals surface area contributed by atoms with Crippen molar-refractivity contribution in [1.29, 1.82) is 0 Å². The minimum Gasteiger partial charge on any atom is -0.464 e. The van der Waals surface area contributed by atoms with Gasteiger partial charge in [-0.3, -0.25) is 4.84 Å². The van der Waals surface area contributed by atoms with Crippen molar-refractivity contribution in [3.05, 3.63) is 35.9 Å². The molecule has 128 valence electrons. The van der Waals surface area contributed by atoms with Gasteiger partial charge in [-0.2, -0.15) is 5.06 Å². The molecule has 1 saturated heterocycles. The van der Waals surface area contributed by atoms with Crippen LogP contribution in [0.15, 0.2) is 30.3 Å². The number of piperidine rings is 1. The predicted molar refractivity (Wildman–Crippen MR) is 90.7 cm³/mol. The SMILES string of the molecule is CCOC(=O)C(ON1C(C)(C)CCCC1(C)C)c1ccccc1. The monoisotopic (exact) mass is 319 g/mol. The lowest BCUT2D eigenvalue weighted by Gasteiger charge is -2.52. The zero-order chi connectivity index (χ0) is 17.1. The van der Waals surface area contributed by atoms with Crippen LogP contribution in [0.3, 0.4) is 0 Å². The third kappa shape index (κ3) is 4.12. The molecule has 0 N–H and O–H groups in total. The Morgan fingerprint density at radius 1 is 1.13 bits per heavy atom. The van der Waals surface area contributed by atoms with Gasteiger partial charge in [0.05, 0.1) is 6.61 Å². The van der Waals surface area contributed by atoms with E-state index in [1.165, 1.54) is 0 Å². The average molecular weight is 319 g/mol. The number of nitrogens with zero attached hydrogens (tertiary/aromatic N) is 1. The number of esters is 1. The van der Waals surface area contributed by atoms with Crippen molar-refractivity contribution in [3.63, 3.8) is 0 Å². The number of hydrogen-bond acceptors (Lipinski definition) is 4. The Morgan fingerprint density at radius 2 is 1.70 bits per heavy atom. The van der Waals surface area contributed by atoms with Gasteiger partial charge in [0.2, 0.25) is 6.10 Å². The standard InChI is InChI=1S/C19H29NO3/c1-6-22-17(21)16(15-11-8-7-9-12-15)23-20-18(2,3)13-10-14-19(20,4)5/h7-9,11-12,16H,6,10,13-14H2,1-5H3. The normalized spacial score (nSPS) is 21.6. The maximum atomic E-state index is 12.5. The van der Waals surface area contributed by atoms with E-state index >= 15 is 0 Å². The number of hydroxylamine groups is 2. The van der Waals surface area contributed by atoms with Gasteiger partial charge in [0.1, 0.15) is 0 Å². The molecule has 1 heterocycles. The summed E-state index contributed by atoms with van der Waals surface area (Å²) < 4.78 is 5.25. The van der Waals surface area contributed by atoms with Crippen LogP contribution in [0.2, 0.25) is 0 Å². The van der Waals surface area contributed by atoms with E-state index in [2.05, 4.69) is 27.7 Å². The van der Waals surface area contributed by atoms with E-state index in [1.54, 1.807) is 0 Å². The molecule has 1 fully saturated rings. The lowest BCUT2D eigenvalue weighted by Crippen LogP contribution is -2.58. The summed E-state index contributed by atoms with van der Waals surface area (Å²) in [5.41, 5.74) is 0.575. The van der Waals surface area contributed by atoms with Crippen LogP contribution in [-0.4, -0.2) is 28.7 Å². The number of carbonyl (C=O) groups excluding carboxylic acids is 1. The third-order valence-corrected chi connectivity index (χ3v) is 4.49. The molecular formula is C19H29NO3. The van der Waals surface area contributed by atoms with E-state index in [-0.39, 0.29) is 17.0 Å². The van der Waals surface area contributed by atoms with Crippen molar-refractivity contribution >= 4 is 5.97 Å². The molecule has 4 nitrogen and oxygen atoms in total. The second-order valence-corrected chi connectivity index (χ2v) is 7.42. The molecule has 2 rings (SSSR count). The topological polar surface area (TPSA) is 38.8 Å². The molecule has 0 radical (unpaired) electrons. The van der Waals surface area contributed by atoms with E-state index in [1.807, 2.05) is 42.3 Å². The summed E-state index contributed by atoms with van der Waals surface area (Å²) >= 11 is 0. The lowest BCUT2D eigenvalue weighted by molar-refractivity contribution is -0.304. The summed E-state index contributed by atoms with van der Waals surface area (Å²) in [6, 6.07) is 9.58. The van der Waals surface area contributed by atoms with Gasteiger partial charge in [0.25, 0.3) is 0 Å². The predicted octanol–water partition coefficient (Wildman–Crippen LogP) is 4.27. The summed E-state index contributed by atoms with van der Waals surface area (Å²) in [7, 11) is 0. The van der Waals surface area contributed by atoms with Gasteiger partial charge in [-0.15, -0.1) is 0 Å². The van der Waals surface area contributed by atoms with Crippen molar-refractivity contribution in [2.24, 2.45) is 0 Å². The van der Waals surface area contributed by atoms with Crippen LogP contribution in [0.5, 0.6) is 0 Å². The van der Waals surface area contributed by atoms with Crippen LogP contribution in [-0.2, 0) is 14.4 Å². The van der Waals surface area contributed by atoms with Gasteiger partial charge in [-0.25, -0.2) is 4.79 Å². The molecule has 0 amide bonds. The molecule has 4 heteroatoms. The first-order valence-electron chi connectivity index (χ1n) is 8.46. The van der Waals surface area contributed by atoms with Crippen LogP contribution in [0.1, 0.15) is 65.5 Å². The van der Waals surface area contributed by atoms with Gasteiger partial charge in [-0.1, -0.05) is 30.3 Å². The Balaban J connectivity index is 2.31. The Kier molecular flexibility index (Phi) is 5.48. The van der Waals surface area contributed by atoms with E-state index in [4.69, 9.17) is 9.57 Å². The quantitative estimate of drug-likeness (QED) is 0.760. The molecule has 0 bridgehead atoms. The fraction of sp³-hybridized carbons (Fsp3) is 0.632. The summed E-state index contributed by atoms with van der Waals surface area (Å²) in [6.45, 7) is 10.8. The second kappa shape index (κ2) is 7.02. The van der Waals surface area contributed by atoms with Crippen LogP contribution >= 0.6 is 0 Å². The van der Waals surface area contributed by atoms with E-state index < -0.39 is 6.10 Å². The summed E-state index contributed by atoms with van der Waals surface area (Å²) in [6.07, 6.45) is 2.52. The molecule has 1 aliphatic rings. The first-order chi connectivity index (χ1) is 10.8. The molecular weight excluding hydrogens is 290 g/mol. The van der Waals surface area contributed by atoms with Crippen LogP contribution in [0.25, 0.3) is 0 Å². The van der Waals surface area contributed by atoms with Gasteiger partial charge >= 0.3 is 5.97 Å². The summed E-state index contributed by atoms with van der Waals surface area (Å²) in [5, 5.41) is 2.01. The molecule has 0 aromatic heterocycles. The maximum absolute atomic E-state index is 12.5. The molecule has 1 aromatic rings. The van der Waals surface area contributed by atoms with Crippen molar-refractivity contribution < 1.29 is 14.4 Å². The first kappa shape index (κ1) is 18.0. The highest BCUT2D eigenvalue weighted by Crippen LogP contribution is 2.40. The molecule has 0 saturated carbocycles. The van der Waals surface area contributed by atoms with Crippen LogP contribution < -0.4 is 0 Å². The minimum atomic E-state index is -0.729. The Morgan fingerprint density at radius 3 is 2.22 bits per heavy atom. The fourth-order valence-corrected chi connectivity index (χ4v) is 3.45. The van der Waals surface area contributed by atoms with Gasteiger partial charge in [-0.05, 0) is 59.4 Å². The number of hydrogen-bond donors (Lipinski definition) is 0.